The van der Waals surface area contributed by atoms with Crippen molar-refractivity contribution >= 4 is 11.9 Å². The number of amides is 3. The Bertz CT molecular complexity index is 709. The number of nitrogens with zero attached hydrogens (tertiary/aromatic N) is 4. The van der Waals surface area contributed by atoms with Crippen molar-refractivity contribution in [2.24, 2.45) is 13.0 Å². The molecule has 1 saturated heterocycles. The average molecular weight is 359 g/mol. The molecule has 0 spiro atoms. The molecular weight excluding hydrogens is 330 g/mol. The zero-order valence-electron chi connectivity index (χ0n) is 16.0. The molecule has 3 amide bonds. The number of aryl methyl sites for hydroxylation is 2. The fourth-order valence-electron chi connectivity index (χ4n) is 3.82. The van der Waals surface area contributed by atoms with Crippen molar-refractivity contribution in [1.29, 1.82) is 0 Å². The summed E-state index contributed by atoms with van der Waals surface area (Å²) in [5.41, 5.74) is 2.35. The largest absolute Gasteiger partial charge is 0.336 e. The molecule has 7 nitrogen and oxygen atoms in total. The number of aromatic nitrogens is 2. The first-order chi connectivity index (χ1) is 12.5. The summed E-state index contributed by atoms with van der Waals surface area (Å²) < 4.78 is 1.76. The highest BCUT2D eigenvalue weighted by molar-refractivity contribution is 5.96. The van der Waals surface area contributed by atoms with Gasteiger partial charge >= 0.3 is 6.03 Å². The summed E-state index contributed by atoms with van der Waals surface area (Å²) >= 11 is 0. The lowest BCUT2D eigenvalue weighted by atomic mass is 9.93. The van der Waals surface area contributed by atoms with E-state index in [1.165, 1.54) is 0 Å². The highest BCUT2D eigenvalue weighted by atomic mass is 16.2. The molecule has 3 rings (SSSR count). The molecule has 1 fully saturated rings. The predicted molar refractivity (Wildman–Crippen MR) is 100 cm³/mol. The van der Waals surface area contributed by atoms with Gasteiger partial charge in [0.25, 0.3) is 5.91 Å². The number of hydrogen-bond donors (Lipinski definition) is 1. The lowest BCUT2D eigenvalue weighted by molar-refractivity contribution is 0.0710. The van der Waals surface area contributed by atoms with Crippen LogP contribution in [-0.2, 0) is 7.05 Å². The molecule has 142 valence electrons. The molecule has 2 heterocycles. The Balaban J connectivity index is 1.75. The number of allylic oxidation sites excluding steroid dienone is 2. The van der Waals surface area contributed by atoms with Gasteiger partial charge in [0, 0.05) is 45.5 Å². The number of rotatable bonds is 6. The van der Waals surface area contributed by atoms with Crippen LogP contribution in [0.4, 0.5) is 4.79 Å². The number of carbonyl (C=O) groups is 2. The van der Waals surface area contributed by atoms with E-state index in [9.17, 15) is 9.59 Å². The Morgan fingerprint density at radius 2 is 2.19 bits per heavy atom. The molecule has 0 radical (unpaired) electrons. The molecule has 0 bridgehead atoms. The summed E-state index contributed by atoms with van der Waals surface area (Å²) in [6.07, 6.45) is 7.62. The molecule has 1 aliphatic heterocycles. The Labute approximate surface area is 155 Å². The Kier molecular flexibility index (Phi) is 5.64. The van der Waals surface area contributed by atoms with Crippen molar-refractivity contribution in [2.45, 2.75) is 33.1 Å². The summed E-state index contributed by atoms with van der Waals surface area (Å²) in [5.74, 6) is 0.510. The lowest BCUT2D eigenvalue weighted by Crippen LogP contribution is -2.42. The van der Waals surface area contributed by atoms with Gasteiger partial charge in [0.1, 0.15) is 0 Å². The van der Waals surface area contributed by atoms with E-state index in [1.54, 1.807) is 9.58 Å². The first-order valence-electron chi connectivity index (χ1n) is 9.44. The molecule has 0 saturated carbocycles. The van der Waals surface area contributed by atoms with Gasteiger partial charge in [-0.1, -0.05) is 12.2 Å². The number of nitrogens with one attached hydrogen (secondary N) is 1. The second-order valence-electron chi connectivity index (χ2n) is 7.29. The van der Waals surface area contributed by atoms with Gasteiger partial charge in [-0.2, -0.15) is 5.10 Å². The minimum atomic E-state index is -0.0354. The van der Waals surface area contributed by atoms with Crippen LogP contribution >= 0.6 is 0 Å². The van der Waals surface area contributed by atoms with Gasteiger partial charge in [-0.15, -0.1) is 0 Å². The number of urea groups is 1. The normalized spacial score (nSPS) is 19.7. The van der Waals surface area contributed by atoms with E-state index in [2.05, 4.69) is 22.6 Å². The van der Waals surface area contributed by atoms with E-state index in [0.29, 0.717) is 37.7 Å². The summed E-state index contributed by atoms with van der Waals surface area (Å²) in [5, 5.41) is 7.21. The van der Waals surface area contributed by atoms with Crippen LogP contribution in [0.25, 0.3) is 0 Å². The Hall–Kier alpha value is -2.31. The van der Waals surface area contributed by atoms with Gasteiger partial charge in [-0.3, -0.25) is 9.48 Å². The van der Waals surface area contributed by atoms with Crippen LogP contribution in [0.1, 0.15) is 41.0 Å². The van der Waals surface area contributed by atoms with Crippen LogP contribution in [-0.4, -0.2) is 64.2 Å². The maximum atomic E-state index is 13.3. The smallest absolute Gasteiger partial charge is 0.317 e. The molecule has 1 atom stereocenters. The molecule has 1 aromatic heterocycles. The van der Waals surface area contributed by atoms with Crippen LogP contribution in [0.15, 0.2) is 12.2 Å². The SMILES string of the molecule is Cc1nn(C)c(C)c1C(=O)N(CCN1CCNC1=O)C[C@@H]1CC=CCC1. The zero-order chi connectivity index (χ0) is 18.7. The van der Waals surface area contributed by atoms with Crippen molar-refractivity contribution < 1.29 is 9.59 Å². The third kappa shape index (κ3) is 3.92. The molecule has 0 aromatic carbocycles. The van der Waals surface area contributed by atoms with E-state index in [-0.39, 0.29) is 11.9 Å². The van der Waals surface area contributed by atoms with E-state index in [4.69, 9.17) is 0 Å². The second kappa shape index (κ2) is 7.93. The van der Waals surface area contributed by atoms with Crippen molar-refractivity contribution in [2.75, 3.05) is 32.7 Å². The highest BCUT2D eigenvalue weighted by Crippen LogP contribution is 2.22. The minimum Gasteiger partial charge on any atom is -0.336 e. The molecule has 1 aliphatic carbocycles. The Morgan fingerprint density at radius 1 is 1.38 bits per heavy atom. The van der Waals surface area contributed by atoms with E-state index < -0.39 is 0 Å². The summed E-state index contributed by atoms with van der Waals surface area (Å²) in [6.45, 7) is 7.06. The standard InChI is InChI=1S/C19H29N5O2/c1-14-17(15(2)22(3)21-14)18(25)24(13-16-7-5-4-6-8-16)12-11-23-10-9-20-19(23)26/h4-5,16H,6-13H2,1-3H3,(H,20,26)/t16-/m1/s1. The maximum absolute atomic E-state index is 13.3. The van der Waals surface area contributed by atoms with E-state index in [1.807, 2.05) is 25.8 Å². The lowest BCUT2D eigenvalue weighted by Gasteiger charge is -2.30. The number of carbonyl (C=O) groups excluding carboxylic acids is 2. The molecular formula is C19H29N5O2. The average Bonchev–Trinajstić information content (AvgIpc) is 3.14. The first-order valence-corrected chi connectivity index (χ1v) is 9.44. The Morgan fingerprint density at radius 3 is 2.77 bits per heavy atom. The monoisotopic (exact) mass is 359 g/mol. The van der Waals surface area contributed by atoms with E-state index in [0.717, 1.165) is 37.2 Å². The third-order valence-corrected chi connectivity index (χ3v) is 5.45. The summed E-state index contributed by atoms with van der Waals surface area (Å²) in [4.78, 5) is 28.8. The van der Waals surface area contributed by atoms with Crippen LogP contribution in [0.3, 0.4) is 0 Å². The summed E-state index contributed by atoms with van der Waals surface area (Å²) in [6, 6.07) is -0.0354. The van der Waals surface area contributed by atoms with Gasteiger partial charge < -0.3 is 15.1 Å². The summed E-state index contributed by atoms with van der Waals surface area (Å²) in [7, 11) is 1.87. The molecule has 2 aliphatic rings. The molecule has 0 unspecified atom stereocenters. The molecule has 7 heteroatoms. The van der Waals surface area contributed by atoms with Crippen LogP contribution in [0, 0.1) is 19.8 Å². The fourth-order valence-corrected chi connectivity index (χ4v) is 3.82. The van der Waals surface area contributed by atoms with Crippen molar-refractivity contribution in [3.63, 3.8) is 0 Å². The van der Waals surface area contributed by atoms with Gasteiger partial charge in [0.15, 0.2) is 0 Å². The topological polar surface area (TPSA) is 70.5 Å². The van der Waals surface area contributed by atoms with Gasteiger partial charge in [0.2, 0.25) is 0 Å². The van der Waals surface area contributed by atoms with Crippen molar-refractivity contribution in [3.05, 3.63) is 29.1 Å². The quantitative estimate of drug-likeness (QED) is 0.788. The molecule has 1 N–H and O–H groups in total. The third-order valence-electron chi connectivity index (χ3n) is 5.45. The highest BCUT2D eigenvalue weighted by Gasteiger charge is 2.27. The van der Waals surface area contributed by atoms with Gasteiger partial charge in [0.05, 0.1) is 11.3 Å². The van der Waals surface area contributed by atoms with Crippen LogP contribution < -0.4 is 5.32 Å². The number of hydrogen-bond acceptors (Lipinski definition) is 3. The molecule has 26 heavy (non-hydrogen) atoms. The molecule has 1 aromatic rings. The van der Waals surface area contributed by atoms with Gasteiger partial charge in [-0.25, -0.2) is 4.79 Å². The second-order valence-corrected chi connectivity index (χ2v) is 7.29. The fraction of sp³-hybridized carbons (Fsp3) is 0.632. The first kappa shape index (κ1) is 18.5. The minimum absolute atomic E-state index is 0.0299. The van der Waals surface area contributed by atoms with Crippen molar-refractivity contribution in [1.82, 2.24) is 24.9 Å². The maximum Gasteiger partial charge on any atom is 0.317 e. The van der Waals surface area contributed by atoms with Crippen molar-refractivity contribution in [3.8, 4) is 0 Å². The van der Waals surface area contributed by atoms with Gasteiger partial charge in [-0.05, 0) is 39.0 Å². The van der Waals surface area contributed by atoms with Crippen LogP contribution in [0.5, 0.6) is 0 Å². The van der Waals surface area contributed by atoms with Crippen LogP contribution in [0.2, 0.25) is 0 Å². The zero-order valence-corrected chi connectivity index (χ0v) is 16.0. The van der Waals surface area contributed by atoms with E-state index >= 15 is 0 Å². The predicted octanol–water partition coefficient (Wildman–Crippen LogP) is 1.86.